The number of aliphatic hydroxyl groups is 1. The van der Waals surface area contributed by atoms with Gasteiger partial charge in [-0.15, -0.1) is 0 Å². The number of imidazole rings is 1. The van der Waals surface area contributed by atoms with Crippen LogP contribution in [0.2, 0.25) is 0 Å². The van der Waals surface area contributed by atoms with Crippen LogP contribution in [0.15, 0.2) is 82.7 Å². The monoisotopic (exact) mass is 472 g/mol. The first-order valence-electron chi connectivity index (χ1n) is 11.4. The largest absolute Gasteiger partial charge is 0.478 e. The number of carboxylic acids is 1. The molecule has 0 unspecified atom stereocenters. The van der Waals surface area contributed by atoms with Gasteiger partial charge in [0.15, 0.2) is 0 Å². The van der Waals surface area contributed by atoms with E-state index in [0.29, 0.717) is 5.56 Å². The number of nitrogens with zero attached hydrogens (tertiary/aromatic N) is 2. The van der Waals surface area contributed by atoms with Crippen molar-refractivity contribution in [2.75, 3.05) is 0 Å². The highest BCUT2D eigenvalue weighted by Crippen LogP contribution is 2.36. The molecule has 0 amide bonds. The van der Waals surface area contributed by atoms with Gasteiger partial charge in [-0.25, -0.2) is 9.78 Å². The van der Waals surface area contributed by atoms with Crippen LogP contribution in [0.25, 0.3) is 16.8 Å². The molecule has 4 rings (SSSR count). The Hall–Kier alpha value is -3.35. The van der Waals surface area contributed by atoms with Gasteiger partial charge in [0.1, 0.15) is 10.9 Å². The number of aliphatic hydroxyl groups excluding tert-OH is 1. The van der Waals surface area contributed by atoms with Crippen molar-refractivity contribution in [2.24, 2.45) is 0 Å². The van der Waals surface area contributed by atoms with E-state index in [-0.39, 0.29) is 12.2 Å². The zero-order valence-corrected chi connectivity index (χ0v) is 20.2. The summed E-state index contributed by atoms with van der Waals surface area (Å²) in [6, 6.07) is 23.0. The lowest BCUT2D eigenvalue weighted by Gasteiger charge is -2.18. The minimum absolute atomic E-state index is 0.149. The quantitative estimate of drug-likeness (QED) is 0.290. The second-order valence-electron chi connectivity index (χ2n) is 8.09. The molecule has 174 valence electrons. The molecule has 4 aromatic rings. The highest BCUT2D eigenvalue weighted by Gasteiger charge is 2.22. The Labute approximate surface area is 204 Å². The van der Waals surface area contributed by atoms with Crippen LogP contribution < -0.4 is 0 Å². The third-order valence-electron chi connectivity index (χ3n) is 5.86. The number of benzene rings is 3. The van der Waals surface area contributed by atoms with Gasteiger partial charge in [0.25, 0.3) is 0 Å². The smallest absolute Gasteiger partial charge is 0.336 e. The molecule has 0 saturated carbocycles. The Morgan fingerprint density at radius 1 is 0.971 bits per heavy atom. The van der Waals surface area contributed by atoms with Gasteiger partial charge >= 0.3 is 5.97 Å². The molecule has 2 N–H and O–H groups in total. The van der Waals surface area contributed by atoms with E-state index in [1.165, 1.54) is 0 Å². The zero-order chi connectivity index (χ0) is 24.1. The molecule has 0 atom stereocenters. The van der Waals surface area contributed by atoms with Crippen LogP contribution in [0.1, 0.15) is 47.2 Å². The minimum Gasteiger partial charge on any atom is -0.478 e. The Balaban J connectivity index is 1.89. The molecule has 0 radical (unpaired) electrons. The van der Waals surface area contributed by atoms with E-state index in [0.717, 1.165) is 57.5 Å². The Morgan fingerprint density at radius 3 is 2.38 bits per heavy atom. The SMILES string of the molecule is CCCCc1nc(Sc2ccccc2)c(CO)n1-c1cccc(-c2ccccc2C(=O)O)c1C. The average molecular weight is 473 g/mol. The maximum Gasteiger partial charge on any atom is 0.336 e. The van der Waals surface area contributed by atoms with Crippen molar-refractivity contribution in [3.63, 3.8) is 0 Å². The third kappa shape index (κ3) is 4.79. The molecule has 34 heavy (non-hydrogen) atoms. The van der Waals surface area contributed by atoms with Crippen LogP contribution in [-0.2, 0) is 13.0 Å². The lowest BCUT2D eigenvalue weighted by Crippen LogP contribution is -2.08. The Morgan fingerprint density at radius 2 is 1.68 bits per heavy atom. The summed E-state index contributed by atoms with van der Waals surface area (Å²) in [5, 5.41) is 20.9. The Bertz CT molecular complexity index is 1300. The van der Waals surface area contributed by atoms with E-state index in [4.69, 9.17) is 4.98 Å². The van der Waals surface area contributed by atoms with Gasteiger partial charge in [0, 0.05) is 11.3 Å². The van der Waals surface area contributed by atoms with E-state index < -0.39 is 5.97 Å². The highest BCUT2D eigenvalue weighted by atomic mass is 32.2. The van der Waals surface area contributed by atoms with Crippen molar-refractivity contribution in [2.45, 2.75) is 49.6 Å². The fraction of sp³-hybridized carbons (Fsp3) is 0.214. The maximum absolute atomic E-state index is 11.9. The van der Waals surface area contributed by atoms with Crippen molar-refractivity contribution < 1.29 is 15.0 Å². The van der Waals surface area contributed by atoms with Crippen molar-refractivity contribution in [3.8, 4) is 16.8 Å². The molecule has 0 aliphatic rings. The van der Waals surface area contributed by atoms with Gasteiger partial charge in [0.2, 0.25) is 0 Å². The Kier molecular flexibility index (Phi) is 7.50. The van der Waals surface area contributed by atoms with Crippen LogP contribution in [0, 0.1) is 6.92 Å². The lowest BCUT2D eigenvalue weighted by atomic mass is 9.95. The molecule has 1 heterocycles. The van der Waals surface area contributed by atoms with E-state index in [9.17, 15) is 15.0 Å². The van der Waals surface area contributed by atoms with Crippen molar-refractivity contribution in [1.29, 1.82) is 0 Å². The highest BCUT2D eigenvalue weighted by molar-refractivity contribution is 7.99. The van der Waals surface area contributed by atoms with Crippen molar-refractivity contribution in [3.05, 3.63) is 95.4 Å². The first kappa shape index (κ1) is 23.8. The van der Waals surface area contributed by atoms with Gasteiger partial charge in [-0.05, 0) is 54.3 Å². The summed E-state index contributed by atoms with van der Waals surface area (Å²) in [6.45, 7) is 4.00. The number of carbonyl (C=O) groups is 1. The fourth-order valence-corrected chi connectivity index (χ4v) is 5.09. The van der Waals surface area contributed by atoms with Crippen molar-refractivity contribution in [1.82, 2.24) is 9.55 Å². The van der Waals surface area contributed by atoms with Crippen LogP contribution >= 0.6 is 11.8 Å². The average Bonchev–Trinajstić information content (AvgIpc) is 3.20. The normalized spacial score (nSPS) is 11.0. The van der Waals surface area contributed by atoms with Crippen LogP contribution in [0.5, 0.6) is 0 Å². The second-order valence-corrected chi connectivity index (χ2v) is 9.15. The van der Waals surface area contributed by atoms with Crippen LogP contribution in [-0.4, -0.2) is 25.7 Å². The van der Waals surface area contributed by atoms with Gasteiger partial charge in [-0.2, -0.15) is 0 Å². The predicted molar refractivity (Wildman–Crippen MR) is 136 cm³/mol. The van der Waals surface area contributed by atoms with Crippen LogP contribution in [0.4, 0.5) is 0 Å². The minimum atomic E-state index is -0.954. The third-order valence-corrected chi connectivity index (χ3v) is 6.89. The molecular formula is C28H28N2O3S. The summed E-state index contributed by atoms with van der Waals surface area (Å²) in [7, 11) is 0. The summed E-state index contributed by atoms with van der Waals surface area (Å²) in [4.78, 5) is 17.9. The number of carboxylic acid groups (broad SMARTS) is 1. The number of hydrogen-bond acceptors (Lipinski definition) is 4. The first-order valence-corrected chi connectivity index (χ1v) is 12.2. The lowest BCUT2D eigenvalue weighted by molar-refractivity contribution is 0.0697. The van der Waals surface area contributed by atoms with E-state index >= 15 is 0 Å². The zero-order valence-electron chi connectivity index (χ0n) is 19.4. The number of unbranched alkanes of at least 4 members (excludes halogenated alkanes) is 1. The van der Waals surface area contributed by atoms with Gasteiger partial charge < -0.3 is 10.2 Å². The molecule has 0 bridgehead atoms. The molecule has 5 nitrogen and oxygen atoms in total. The summed E-state index contributed by atoms with van der Waals surface area (Å²) in [5.41, 5.74) is 4.38. The second kappa shape index (κ2) is 10.7. The molecule has 0 saturated heterocycles. The summed E-state index contributed by atoms with van der Waals surface area (Å²) in [5.74, 6) is -0.0552. The van der Waals surface area contributed by atoms with Gasteiger partial charge in [-0.3, -0.25) is 4.57 Å². The predicted octanol–water partition coefficient (Wildman–Crippen LogP) is 6.53. The molecule has 6 heteroatoms. The number of aromatic nitrogens is 2. The van der Waals surface area contributed by atoms with E-state index in [1.54, 1.807) is 23.9 Å². The molecule has 3 aromatic carbocycles. The van der Waals surface area contributed by atoms with Gasteiger partial charge in [0.05, 0.1) is 23.6 Å². The number of hydrogen-bond donors (Lipinski definition) is 2. The first-order chi connectivity index (χ1) is 16.5. The summed E-state index contributed by atoms with van der Waals surface area (Å²) < 4.78 is 2.06. The molecular weight excluding hydrogens is 444 g/mol. The standard InChI is InChI=1S/C28H28N2O3S/c1-3-4-17-26-29-27(34-20-11-6-5-7-12-20)25(18-31)30(26)24-16-10-15-21(19(24)2)22-13-8-9-14-23(22)28(32)33/h5-16,31H,3-4,17-18H2,1-2H3,(H,32,33). The maximum atomic E-state index is 11.9. The van der Waals surface area contributed by atoms with Crippen molar-refractivity contribution >= 4 is 17.7 Å². The molecule has 0 aliphatic carbocycles. The molecule has 0 fully saturated rings. The molecule has 0 aliphatic heterocycles. The molecule has 1 aromatic heterocycles. The number of rotatable bonds is 9. The van der Waals surface area contributed by atoms with E-state index in [1.807, 2.05) is 67.6 Å². The van der Waals surface area contributed by atoms with E-state index in [2.05, 4.69) is 11.5 Å². The topological polar surface area (TPSA) is 75.4 Å². The van der Waals surface area contributed by atoms with Crippen LogP contribution in [0.3, 0.4) is 0 Å². The molecule has 0 spiro atoms. The fourth-order valence-electron chi connectivity index (χ4n) is 4.15. The number of aromatic carboxylic acids is 1. The van der Waals surface area contributed by atoms with Gasteiger partial charge in [-0.1, -0.05) is 73.6 Å². The number of aryl methyl sites for hydroxylation is 1. The summed E-state index contributed by atoms with van der Waals surface area (Å²) in [6.07, 6.45) is 2.81. The summed E-state index contributed by atoms with van der Waals surface area (Å²) >= 11 is 1.55.